The van der Waals surface area contributed by atoms with Crippen LogP contribution in [0.4, 0.5) is 5.95 Å². The van der Waals surface area contributed by atoms with Crippen molar-refractivity contribution < 1.29 is 0 Å². The lowest BCUT2D eigenvalue weighted by molar-refractivity contribution is 0.716. The summed E-state index contributed by atoms with van der Waals surface area (Å²) in [5.41, 5.74) is 0. The van der Waals surface area contributed by atoms with Crippen LogP contribution in [0.5, 0.6) is 0 Å². The fourth-order valence-electron chi connectivity index (χ4n) is 0.686. The molecular formula is C7H12N3. The molecular weight excluding hydrogens is 126 g/mol. The number of rotatable bonds is 4. The second-order valence-corrected chi connectivity index (χ2v) is 2.15. The average Bonchev–Trinajstić information content (AvgIpc) is 2.41. The Morgan fingerprint density at radius 2 is 2.60 bits per heavy atom. The Labute approximate surface area is 60.9 Å². The Kier molecular flexibility index (Phi) is 2.80. The fraction of sp³-hybridized carbons (Fsp3) is 0.571. The quantitative estimate of drug-likeness (QED) is 0.628. The van der Waals surface area contributed by atoms with Crippen molar-refractivity contribution in [3.05, 3.63) is 12.4 Å². The van der Waals surface area contributed by atoms with Crippen LogP contribution in [0.1, 0.15) is 19.8 Å². The molecule has 0 aromatic carbocycles. The van der Waals surface area contributed by atoms with E-state index in [4.69, 9.17) is 0 Å². The normalized spacial score (nSPS) is 9.70. The molecule has 10 heavy (non-hydrogen) atoms. The second-order valence-electron chi connectivity index (χ2n) is 2.15. The summed E-state index contributed by atoms with van der Waals surface area (Å²) in [5.74, 6) is 0.744. The zero-order valence-electron chi connectivity index (χ0n) is 6.17. The predicted octanol–water partition coefficient (Wildman–Crippen LogP) is 1.45. The van der Waals surface area contributed by atoms with E-state index in [-0.39, 0.29) is 0 Å². The first-order valence-corrected chi connectivity index (χ1v) is 3.60. The van der Waals surface area contributed by atoms with Gasteiger partial charge in [0.1, 0.15) is 0 Å². The lowest BCUT2D eigenvalue weighted by Crippen LogP contribution is -2.00. The highest BCUT2D eigenvalue weighted by Crippen LogP contribution is 1.95. The number of hydrogen-bond donors (Lipinski definition) is 1. The Balaban J connectivity index is 2.15. The molecule has 0 aliphatic heterocycles. The van der Waals surface area contributed by atoms with E-state index in [1.165, 1.54) is 6.42 Å². The number of nitrogens with zero attached hydrogens (tertiary/aromatic N) is 2. The minimum absolute atomic E-state index is 0.744. The molecule has 0 atom stereocenters. The minimum Gasteiger partial charge on any atom is -0.330 e. The van der Waals surface area contributed by atoms with Crippen molar-refractivity contribution in [3.63, 3.8) is 0 Å². The summed E-state index contributed by atoms with van der Waals surface area (Å²) >= 11 is 0. The van der Waals surface area contributed by atoms with Gasteiger partial charge in [0.15, 0.2) is 0 Å². The van der Waals surface area contributed by atoms with Crippen LogP contribution in [0.2, 0.25) is 0 Å². The Bertz CT molecular complexity index is 157. The van der Waals surface area contributed by atoms with Gasteiger partial charge in [-0.15, -0.1) is 0 Å². The maximum absolute atomic E-state index is 4.19. The van der Waals surface area contributed by atoms with Crippen LogP contribution in [-0.4, -0.2) is 16.5 Å². The van der Waals surface area contributed by atoms with Crippen LogP contribution in [-0.2, 0) is 0 Å². The van der Waals surface area contributed by atoms with E-state index in [1.54, 1.807) is 12.4 Å². The molecule has 0 fully saturated rings. The molecule has 0 aliphatic carbocycles. The summed E-state index contributed by atoms with van der Waals surface area (Å²) < 4.78 is 0. The van der Waals surface area contributed by atoms with Crippen molar-refractivity contribution in [2.45, 2.75) is 19.8 Å². The van der Waals surface area contributed by atoms with E-state index >= 15 is 0 Å². The summed E-state index contributed by atoms with van der Waals surface area (Å²) in [6.45, 7) is 3.03. The number of hydrogen-bond acceptors (Lipinski definition) is 1. The molecule has 0 saturated carbocycles. The van der Waals surface area contributed by atoms with Gasteiger partial charge in [-0.3, -0.25) is 5.32 Å². The van der Waals surface area contributed by atoms with Crippen LogP contribution in [0.25, 0.3) is 0 Å². The maximum Gasteiger partial charge on any atom is 0.222 e. The van der Waals surface area contributed by atoms with Crippen LogP contribution in [0, 0.1) is 0 Å². The molecule has 0 aliphatic rings. The Morgan fingerprint density at radius 1 is 1.70 bits per heavy atom. The van der Waals surface area contributed by atoms with Crippen LogP contribution >= 0.6 is 0 Å². The topological polar surface area (TPSA) is 42.8 Å². The van der Waals surface area contributed by atoms with Crippen LogP contribution < -0.4 is 5.32 Å². The van der Waals surface area contributed by atoms with Gasteiger partial charge in [0.05, 0.1) is 0 Å². The van der Waals surface area contributed by atoms with Gasteiger partial charge in [0, 0.05) is 18.9 Å². The molecule has 0 saturated heterocycles. The van der Waals surface area contributed by atoms with Crippen molar-refractivity contribution in [1.82, 2.24) is 15.3 Å². The monoisotopic (exact) mass is 138 g/mol. The molecule has 0 bridgehead atoms. The van der Waals surface area contributed by atoms with E-state index in [0.717, 1.165) is 18.9 Å². The number of nitrogens with one attached hydrogen (secondary N) is 1. The summed E-state index contributed by atoms with van der Waals surface area (Å²) in [7, 11) is 0. The molecule has 0 spiro atoms. The van der Waals surface area contributed by atoms with Gasteiger partial charge in [-0.1, -0.05) is 13.3 Å². The van der Waals surface area contributed by atoms with E-state index in [2.05, 4.69) is 22.2 Å². The first-order valence-electron chi connectivity index (χ1n) is 3.60. The summed E-state index contributed by atoms with van der Waals surface area (Å²) in [5, 5.41) is 4.19. The van der Waals surface area contributed by atoms with Gasteiger partial charge >= 0.3 is 0 Å². The zero-order chi connectivity index (χ0) is 7.23. The smallest absolute Gasteiger partial charge is 0.222 e. The first kappa shape index (κ1) is 7.12. The van der Waals surface area contributed by atoms with Crippen molar-refractivity contribution in [2.75, 3.05) is 6.54 Å². The molecule has 1 heterocycles. The highest BCUT2D eigenvalue weighted by Gasteiger charge is 1.91. The molecule has 3 nitrogen and oxygen atoms in total. The molecule has 1 radical (unpaired) electrons. The Morgan fingerprint density at radius 3 is 3.20 bits per heavy atom. The van der Waals surface area contributed by atoms with Gasteiger partial charge in [-0.25, -0.2) is 4.98 Å². The SMILES string of the molecule is CCCC[N]c1ncc[nH]1. The third-order valence-corrected chi connectivity index (χ3v) is 1.26. The van der Waals surface area contributed by atoms with Crippen molar-refractivity contribution in [3.8, 4) is 0 Å². The number of H-pyrrole nitrogens is 1. The molecule has 1 aromatic rings. The van der Waals surface area contributed by atoms with E-state index in [1.807, 2.05) is 0 Å². The fourth-order valence-corrected chi connectivity index (χ4v) is 0.686. The highest BCUT2D eigenvalue weighted by molar-refractivity contribution is 5.10. The van der Waals surface area contributed by atoms with Gasteiger partial charge in [-0.2, -0.15) is 0 Å². The largest absolute Gasteiger partial charge is 0.330 e. The molecule has 0 unspecified atom stereocenters. The highest BCUT2D eigenvalue weighted by atomic mass is 15.1. The predicted molar refractivity (Wildman–Crippen MR) is 40.2 cm³/mol. The molecule has 1 aromatic heterocycles. The number of imidazole rings is 1. The van der Waals surface area contributed by atoms with E-state index < -0.39 is 0 Å². The van der Waals surface area contributed by atoms with Gasteiger partial charge < -0.3 is 4.98 Å². The van der Waals surface area contributed by atoms with Crippen molar-refractivity contribution in [2.24, 2.45) is 0 Å². The Hall–Kier alpha value is -0.990. The van der Waals surface area contributed by atoms with E-state index in [9.17, 15) is 0 Å². The molecule has 3 heteroatoms. The standard InChI is InChI=1S/C7H12N3/c1-2-3-4-8-7-9-5-6-10-7/h5-6H,2-4H2,1H3,(H,9,10). The summed E-state index contributed by atoms with van der Waals surface area (Å²) in [6.07, 6.45) is 5.82. The third kappa shape index (κ3) is 2.09. The minimum atomic E-state index is 0.744. The third-order valence-electron chi connectivity index (χ3n) is 1.26. The second kappa shape index (κ2) is 3.93. The molecule has 0 amide bonds. The van der Waals surface area contributed by atoms with Gasteiger partial charge in [0.2, 0.25) is 5.95 Å². The van der Waals surface area contributed by atoms with E-state index in [0.29, 0.717) is 0 Å². The number of unbranched alkanes of at least 4 members (excludes halogenated alkanes) is 1. The number of aromatic amines is 1. The van der Waals surface area contributed by atoms with Crippen molar-refractivity contribution in [1.29, 1.82) is 0 Å². The summed E-state index contributed by atoms with van der Waals surface area (Å²) in [4.78, 5) is 6.88. The lowest BCUT2D eigenvalue weighted by atomic mass is 10.3. The van der Waals surface area contributed by atoms with Gasteiger partial charge in [0.25, 0.3) is 0 Å². The molecule has 1 rings (SSSR count). The first-order chi connectivity index (χ1) is 4.93. The zero-order valence-corrected chi connectivity index (χ0v) is 6.17. The maximum atomic E-state index is 4.19. The van der Waals surface area contributed by atoms with Gasteiger partial charge in [-0.05, 0) is 6.42 Å². The lowest BCUT2D eigenvalue weighted by Gasteiger charge is -1.94. The van der Waals surface area contributed by atoms with Crippen LogP contribution in [0.3, 0.4) is 0 Å². The number of aromatic nitrogens is 2. The molecule has 55 valence electrons. The summed E-state index contributed by atoms with van der Waals surface area (Å²) in [6, 6.07) is 0. The average molecular weight is 138 g/mol. The molecule has 1 N–H and O–H groups in total. The van der Waals surface area contributed by atoms with Crippen LogP contribution in [0.15, 0.2) is 12.4 Å². The van der Waals surface area contributed by atoms with Crippen molar-refractivity contribution >= 4 is 5.95 Å².